The van der Waals surface area contributed by atoms with E-state index in [1.54, 1.807) is 43.5 Å². The second kappa shape index (κ2) is 8.07. The van der Waals surface area contributed by atoms with Gasteiger partial charge in [0.25, 0.3) is 10.0 Å². The van der Waals surface area contributed by atoms with E-state index in [-0.39, 0.29) is 16.7 Å². The van der Waals surface area contributed by atoms with E-state index in [1.807, 2.05) is 0 Å². The zero-order chi connectivity index (χ0) is 19.4. The van der Waals surface area contributed by atoms with E-state index in [0.717, 1.165) is 11.3 Å². The summed E-state index contributed by atoms with van der Waals surface area (Å²) in [5.41, 5.74) is 0.387. The Balaban J connectivity index is 1.64. The van der Waals surface area contributed by atoms with Crippen molar-refractivity contribution in [3.63, 3.8) is 0 Å². The van der Waals surface area contributed by atoms with Crippen molar-refractivity contribution in [2.45, 2.75) is 30.7 Å². The molecule has 3 aromatic heterocycles. The number of hydrogen-bond acceptors (Lipinski definition) is 8. The lowest BCUT2D eigenvalue weighted by atomic mass is 10.1. The average molecular weight is 410 g/mol. The van der Waals surface area contributed by atoms with Crippen molar-refractivity contribution < 1.29 is 26.9 Å². The van der Waals surface area contributed by atoms with Crippen LogP contribution in [0.2, 0.25) is 0 Å². The SMILES string of the molecule is CC(C)[C@H](NS(=O)(=O)c1cccs1)C(=O)OCc1cc(-c2ccco2)on1. The molecule has 8 nitrogen and oxygen atoms in total. The highest BCUT2D eigenvalue weighted by atomic mass is 32.2. The molecule has 3 heterocycles. The Bertz CT molecular complexity index is 975. The van der Waals surface area contributed by atoms with E-state index in [9.17, 15) is 13.2 Å². The van der Waals surface area contributed by atoms with Crippen molar-refractivity contribution in [1.29, 1.82) is 0 Å². The van der Waals surface area contributed by atoms with Crippen molar-refractivity contribution in [2.24, 2.45) is 5.92 Å². The van der Waals surface area contributed by atoms with E-state index >= 15 is 0 Å². The lowest BCUT2D eigenvalue weighted by Crippen LogP contribution is -2.45. The minimum absolute atomic E-state index is 0.139. The normalized spacial score (nSPS) is 13.0. The van der Waals surface area contributed by atoms with Gasteiger partial charge in [-0.3, -0.25) is 4.79 Å². The third-order valence-electron chi connectivity index (χ3n) is 3.65. The van der Waals surface area contributed by atoms with Crippen molar-refractivity contribution in [3.8, 4) is 11.5 Å². The van der Waals surface area contributed by atoms with Gasteiger partial charge in [0.15, 0.2) is 5.76 Å². The van der Waals surface area contributed by atoms with Crippen LogP contribution < -0.4 is 4.72 Å². The predicted molar refractivity (Wildman–Crippen MR) is 97.3 cm³/mol. The van der Waals surface area contributed by atoms with Crippen LogP contribution in [0, 0.1) is 5.92 Å². The molecule has 10 heteroatoms. The van der Waals surface area contributed by atoms with Crippen LogP contribution in [-0.2, 0) is 26.2 Å². The topological polar surface area (TPSA) is 112 Å². The quantitative estimate of drug-likeness (QED) is 0.568. The second-order valence-corrected chi connectivity index (χ2v) is 8.93. The van der Waals surface area contributed by atoms with Gasteiger partial charge in [-0.25, -0.2) is 8.42 Å². The van der Waals surface area contributed by atoms with Gasteiger partial charge in [0.2, 0.25) is 5.76 Å². The molecular formula is C17H18N2O6S2. The summed E-state index contributed by atoms with van der Waals surface area (Å²) in [6.45, 7) is 3.31. The molecule has 144 valence electrons. The molecule has 3 rings (SSSR count). The van der Waals surface area contributed by atoms with E-state index < -0.39 is 22.0 Å². The Hall–Kier alpha value is -2.43. The monoisotopic (exact) mass is 410 g/mol. The predicted octanol–water partition coefficient (Wildman–Crippen LogP) is 3.04. The molecule has 27 heavy (non-hydrogen) atoms. The number of hydrogen-bond donors (Lipinski definition) is 1. The zero-order valence-electron chi connectivity index (χ0n) is 14.6. The first kappa shape index (κ1) is 19.3. The summed E-state index contributed by atoms with van der Waals surface area (Å²) in [6, 6.07) is 7.10. The molecule has 0 aliphatic heterocycles. The van der Waals surface area contributed by atoms with E-state index in [0.29, 0.717) is 17.2 Å². The molecule has 0 saturated heterocycles. The molecule has 0 spiro atoms. The van der Waals surface area contributed by atoms with Crippen molar-refractivity contribution in [3.05, 3.63) is 47.7 Å². The van der Waals surface area contributed by atoms with Gasteiger partial charge in [-0.2, -0.15) is 4.72 Å². The van der Waals surface area contributed by atoms with E-state index in [4.69, 9.17) is 13.7 Å². The van der Waals surface area contributed by atoms with Gasteiger partial charge in [-0.1, -0.05) is 25.1 Å². The van der Waals surface area contributed by atoms with Gasteiger partial charge in [-0.05, 0) is 29.5 Å². The molecule has 0 aliphatic rings. The number of thiophene rings is 1. The van der Waals surface area contributed by atoms with Crippen LogP contribution in [0.3, 0.4) is 0 Å². The first-order valence-electron chi connectivity index (χ1n) is 8.09. The summed E-state index contributed by atoms with van der Waals surface area (Å²) in [6.07, 6.45) is 1.50. The number of sulfonamides is 1. The maximum Gasteiger partial charge on any atom is 0.324 e. The van der Waals surface area contributed by atoms with Crippen molar-refractivity contribution in [1.82, 2.24) is 9.88 Å². The lowest BCUT2D eigenvalue weighted by Gasteiger charge is -2.20. The minimum atomic E-state index is -3.79. The van der Waals surface area contributed by atoms with Crippen molar-refractivity contribution in [2.75, 3.05) is 0 Å². The number of ether oxygens (including phenoxy) is 1. The molecule has 1 atom stereocenters. The zero-order valence-corrected chi connectivity index (χ0v) is 16.2. The van der Waals surface area contributed by atoms with Gasteiger partial charge in [0.05, 0.1) is 6.26 Å². The molecule has 0 aliphatic carbocycles. The Labute approximate surface area is 160 Å². The van der Waals surface area contributed by atoms with Crippen LogP contribution in [0.1, 0.15) is 19.5 Å². The second-order valence-electron chi connectivity index (χ2n) is 6.04. The smallest absolute Gasteiger partial charge is 0.324 e. The maximum absolute atomic E-state index is 12.4. The Morgan fingerprint density at radius 1 is 1.30 bits per heavy atom. The van der Waals surface area contributed by atoms with Gasteiger partial charge >= 0.3 is 5.97 Å². The summed E-state index contributed by atoms with van der Waals surface area (Å²) in [5.74, 6) is -0.0791. The van der Waals surface area contributed by atoms with Gasteiger partial charge in [-0.15, -0.1) is 11.3 Å². The number of carbonyl (C=O) groups excluding carboxylic acids is 1. The molecule has 0 radical (unpaired) electrons. The number of furan rings is 1. The standard InChI is InChI=1S/C17H18N2O6S2/c1-11(2)16(19-27(21,22)15-6-4-8-26-15)17(20)24-10-12-9-14(25-18-12)13-5-3-7-23-13/h3-9,11,16,19H,10H2,1-2H3/t16-/m0/s1. The van der Waals surface area contributed by atoms with Crippen LogP contribution >= 0.6 is 11.3 Å². The number of rotatable bonds is 8. The highest BCUT2D eigenvalue weighted by Crippen LogP contribution is 2.21. The molecule has 1 N–H and O–H groups in total. The van der Waals surface area contributed by atoms with Crippen LogP contribution in [-0.4, -0.2) is 25.6 Å². The molecule has 0 aromatic carbocycles. The Kier molecular flexibility index (Phi) is 5.78. The summed E-state index contributed by atoms with van der Waals surface area (Å²) in [7, 11) is -3.79. The molecular weight excluding hydrogens is 392 g/mol. The van der Waals surface area contributed by atoms with Crippen LogP contribution in [0.5, 0.6) is 0 Å². The fraction of sp³-hybridized carbons (Fsp3) is 0.294. The Morgan fingerprint density at radius 2 is 2.11 bits per heavy atom. The molecule has 0 fully saturated rings. The third kappa shape index (κ3) is 4.65. The summed E-state index contributed by atoms with van der Waals surface area (Å²) < 4.78 is 42.9. The number of nitrogens with zero attached hydrogens (tertiary/aromatic N) is 1. The fourth-order valence-electron chi connectivity index (χ4n) is 2.25. The first-order valence-corrected chi connectivity index (χ1v) is 10.4. The Morgan fingerprint density at radius 3 is 2.74 bits per heavy atom. The first-order chi connectivity index (χ1) is 12.9. The summed E-state index contributed by atoms with van der Waals surface area (Å²) in [5, 5.41) is 5.47. The highest BCUT2D eigenvalue weighted by molar-refractivity contribution is 7.91. The van der Waals surface area contributed by atoms with Gasteiger partial charge in [0.1, 0.15) is 22.6 Å². The average Bonchev–Trinajstić information content (AvgIpc) is 3.39. The fourth-order valence-corrected chi connectivity index (χ4v) is 4.59. The molecule has 0 bridgehead atoms. The third-order valence-corrected chi connectivity index (χ3v) is 6.49. The van der Waals surface area contributed by atoms with Crippen LogP contribution in [0.25, 0.3) is 11.5 Å². The highest BCUT2D eigenvalue weighted by Gasteiger charge is 2.30. The summed E-state index contributed by atoms with van der Waals surface area (Å²) in [4.78, 5) is 12.4. The van der Waals surface area contributed by atoms with Gasteiger partial charge in [0, 0.05) is 6.07 Å². The number of esters is 1. The van der Waals surface area contributed by atoms with E-state index in [1.165, 1.54) is 12.3 Å². The lowest BCUT2D eigenvalue weighted by molar-refractivity contribution is -0.148. The van der Waals surface area contributed by atoms with Crippen molar-refractivity contribution >= 4 is 27.3 Å². The molecule has 0 unspecified atom stereocenters. The number of aromatic nitrogens is 1. The number of nitrogens with one attached hydrogen (secondary N) is 1. The molecule has 0 saturated carbocycles. The van der Waals surface area contributed by atoms with Gasteiger partial charge < -0.3 is 13.7 Å². The summed E-state index contributed by atoms with van der Waals surface area (Å²) >= 11 is 1.07. The largest absolute Gasteiger partial charge is 0.461 e. The molecule has 3 aromatic rings. The number of carbonyl (C=O) groups is 1. The molecule has 0 amide bonds. The van der Waals surface area contributed by atoms with Crippen LogP contribution in [0.15, 0.2) is 55.1 Å². The minimum Gasteiger partial charge on any atom is -0.461 e. The maximum atomic E-state index is 12.4. The van der Waals surface area contributed by atoms with Crippen LogP contribution in [0.4, 0.5) is 0 Å². The van der Waals surface area contributed by atoms with E-state index in [2.05, 4.69) is 9.88 Å².